The van der Waals surface area contributed by atoms with E-state index in [2.05, 4.69) is 15.6 Å². The van der Waals surface area contributed by atoms with Crippen molar-refractivity contribution >= 4 is 39.1 Å². The van der Waals surface area contributed by atoms with E-state index in [4.69, 9.17) is 15.0 Å². The third-order valence-electron chi connectivity index (χ3n) is 8.19. The van der Waals surface area contributed by atoms with Crippen molar-refractivity contribution in [1.29, 1.82) is 0 Å². The van der Waals surface area contributed by atoms with Gasteiger partial charge in [0.25, 0.3) is 0 Å². The van der Waals surface area contributed by atoms with Gasteiger partial charge in [0.15, 0.2) is 0 Å². The minimum atomic E-state index is -1.01. The number of rotatable bonds is 10. The second-order valence-electron chi connectivity index (χ2n) is 13.2. The summed E-state index contributed by atoms with van der Waals surface area (Å²) in [5, 5.41) is 29.6. The topological polar surface area (TPSA) is 133 Å². The van der Waals surface area contributed by atoms with E-state index in [-0.39, 0.29) is 23.5 Å². The highest BCUT2D eigenvalue weighted by atomic mass is 32.1. The maximum absolute atomic E-state index is 12.7. The Bertz CT molecular complexity index is 1410. The smallest absolute Gasteiger partial charge is 0.224 e. The number of carbonyl (C=O) groups excluding carboxylic acids is 1. The van der Waals surface area contributed by atoms with Crippen LogP contribution in [-0.4, -0.2) is 60.7 Å². The van der Waals surface area contributed by atoms with E-state index >= 15 is 0 Å². The van der Waals surface area contributed by atoms with E-state index in [0.29, 0.717) is 36.4 Å². The van der Waals surface area contributed by atoms with Crippen LogP contribution in [0.25, 0.3) is 20.8 Å². The molecule has 0 radical (unpaired) electrons. The van der Waals surface area contributed by atoms with Crippen LogP contribution in [-0.2, 0) is 4.79 Å². The number of aryl methyl sites for hydroxylation is 1. The van der Waals surface area contributed by atoms with Gasteiger partial charge in [-0.05, 0) is 62.3 Å². The van der Waals surface area contributed by atoms with Crippen molar-refractivity contribution in [3.8, 4) is 10.6 Å². The number of hydrogen-bond acceptors (Lipinski definition) is 10. The average Bonchev–Trinajstić information content (AvgIpc) is 3.80. The molecule has 0 aliphatic heterocycles. The summed E-state index contributed by atoms with van der Waals surface area (Å²) in [6.45, 7) is 8.90. The predicted molar refractivity (Wildman–Crippen MR) is 158 cm³/mol. The average molecular weight is 565 g/mol. The lowest BCUT2D eigenvalue weighted by Crippen LogP contribution is -2.35. The van der Waals surface area contributed by atoms with Gasteiger partial charge in [0.1, 0.15) is 28.2 Å². The van der Waals surface area contributed by atoms with Crippen LogP contribution >= 0.6 is 11.3 Å². The zero-order valence-corrected chi connectivity index (χ0v) is 24.6. The fourth-order valence-electron chi connectivity index (χ4n) is 5.81. The van der Waals surface area contributed by atoms with E-state index in [9.17, 15) is 15.0 Å². The lowest BCUT2D eigenvalue weighted by molar-refractivity contribution is -0.122. The number of pyridine rings is 1. The first-order chi connectivity index (χ1) is 19.1. The van der Waals surface area contributed by atoms with E-state index in [1.54, 1.807) is 11.3 Å². The van der Waals surface area contributed by atoms with Gasteiger partial charge in [-0.25, -0.2) is 9.97 Å². The number of carbonyl (C=O) groups is 1. The molecule has 3 fully saturated rings. The Morgan fingerprint density at radius 1 is 1.10 bits per heavy atom. The second-order valence-corrected chi connectivity index (χ2v) is 14.3. The van der Waals surface area contributed by atoms with Crippen molar-refractivity contribution in [3.05, 3.63) is 23.7 Å². The number of anilines is 2. The van der Waals surface area contributed by atoms with Crippen LogP contribution < -0.4 is 10.6 Å². The Morgan fingerprint density at radius 2 is 1.88 bits per heavy atom. The molecular weight excluding hydrogens is 524 g/mol. The first kappa shape index (κ1) is 27.5. The number of aliphatic hydroxyl groups is 2. The first-order valence-electron chi connectivity index (χ1n) is 14.6. The van der Waals surface area contributed by atoms with Gasteiger partial charge in [0, 0.05) is 31.5 Å². The van der Waals surface area contributed by atoms with Crippen LogP contribution in [0, 0.1) is 24.2 Å². The van der Waals surface area contributed by atoms with Crippen molar-refractivity contribution in [3.63, 3.8) is 0 Å². The third kappa shape index (κ3) is 5.99. The van der Waals surface area contributed by atoms with Crippen LogP contribution in [0.3, 0.4) is 0 Å². The zero-order valence-electron chi connectivity index (χ0n) is 23.8. The molecule has 4 atom stereocenters. The molecule has 214 valence electrons. The maximum Gasteiger partial charge on any atom is 0.224 e. The number of nitrogens with zero attached hydrogens (tertiary/aromatic N) is 4. The molecule has 10 heteroatoms. The largest absolute Gasteiger partial charge is 0.390 e. The summed E-state index contributed by atoms with van der Waals surface area (Å²) in [6.07, 6.45) is 5.79. The molecule has 0 amide bonds. The molecule has 0 aromatic carbocycles. The van der Waals surface area contributed by atoms with Gasteiger partial charge in [0.05, 0.1) is 33.8 Å². The third-order valence-corrected chi connectivity index (χ3v) is 9.23. The molecule has 0 unspecified atom stereocenters. The molecule has 3 aliphatic carbocycles. The molecule has 3 aromatic rings. The SMILES string of the molecule is Cc1nc(NCC2CC2)nc(N[C@@H]2C[C@H](CC(=O)CC(C)(C)C)[C@@H](O)[C@H]2O)c1-c1nc2c(C3CC3)nccc2s1. The van der Waals surface area contributed by atoms with Crippen LogP contribution in [0.15, 0.2) is 12.3 Å². The van der Waals surface area contributed by atoms with E-state index < -0.39 is 18.2 Å². The lowest BCUT2D eigenvalue weighted by Gasteiger charge is -2.21. The number of Topliss-reactive ketones (excluding diaryl/α,β-unsaturated/α-hetero) is 1. The molecule has 9 nitrogen and oxygen atoms in total. The molecule has 6 rings (SSSR count). The van der Waals surface area contributed by atoms with Gasteiger partial charge >= 0.3 is 0 Å². The monoisotopic (exact) mass is 564 g/mol. The molecule has 0 spiro atoms. The van der Waals surface area contributed by atoms with E-state index in [1.165, 1.54) is 12.8 Å². The quantitative estimate of drug-likeness (QED) is 0.266. The number of aromatic nitrogens is 4. The van der Waals surface area contributed by atoms with Gasteiger partial charge in [-0.15, -0.1) is 11.3 Å². The standard InChI is InChI=1S/C30H40N6O3S/c1-15-22(28-35-24-21(40-28)9-10-31-23(24)17-7-8-17)27(36-29(33-15)32-14-16-5-6-16)34-20-12-18(25(38)26(20)39)11-19(37)13-30(2,3)4/h9-10,16-18,20,25-26,38-39H,5-8,11-14H2,1-4H3,(H2,32,33,34,36)/t18-,20+,25+,26-/m0/s1. The first-order valence-corrected chi connectivity index (χ1v) is 15.4. The van der Waals surface area contributed by atoms with Crippen molar-refractivity contribution in [1.82, 2.24) is 19.9 Å². The normalized spacial score (nSPS) is 24.9. The summed E-state index contributed by atoms with van der Waals surface area (Å²) >= 11 is 1.60. The number of fused-ring (bicyclic) bond motifs is 1. The van der Waals surface area contributed by atoms with Gasteiger partial charge < -0.3 is 20.8 Å². The Kier molecular flexibility index (Phi) is 7.29. The molecule has 0 saturated heterocycles. The van der Waals surface area contributed by atoms with Crippen LogP contribution in [0.2, 0.25) is 0 Å². The highest BCUT2D eigenvalue weighted by Gasteiger charge is 2.43. The summed E-state index contributed by atoms with van der Waals surface area (Å²) in [6, 6.07) is 1.55. The molecule has 3 saturated carbocycles. The lowest BCUT2D eigenvalue weighted by atomic mass is 9.86. The summed E-state index contributed by atoms with van der Waals surface area (Å²) in [7, 11) is 0. The van der Waals surface area contributed by atoms with E-state index in [0.717, 1.165) is 51.6 Å². The van der Waals surface area contributed by atoms with Gasteiger partial charge in [0.2, 0.25) is 5.95 Å². The summed E-state index contributed by atoms with van der Waals surface area (Å²) in [4.78, 5) is 32.0. The zero-order chi connectivity index (χ0) is 28.2. The van der Waals surface area contributed by atoms with Crippen molar-refractivity contribution < 1.29 is 15.0 Å². The molecule has 0 bridgehead atoms. The predicted octanol–water partition coefficient (Wildman–Crippen LogP) is 5.07. The Balaban J connectivity index is 1.30. The number of ketones is 1. The molecular formula is C30H40N6O3S. The van der Waals surface area contributed by atoms with Gasteiger partial charge in [-0.2, -0.15) is 4.98 Å². The van der Waals surface area contributed by atoms with Gasteiger partial charge in [-0.1, -0.05) is 20.8 Å². The second kappa shape index (κ2) is 10.6. The summed E-state index contributed by atoms with van der Waals surface area (Å²) in [5.74, 6) is 2.08. The molecule has 40 heavy (non-hydrogen) atoms. The summed E-state index contributed by atoms with van der Waals surface area (Å²) < 4.78 is 1.09. The van der Waals surface area contributed by atoms with Crippen molar-refractivity contribution in [2.75, 3.05) is 17.2 Å². The fourth-order valence-corrected chi connectivity index (χ4v) is 6.88. The minimum Gasteiger partial charge on any atom is -0.390 e. The Hall–Kier alpha value is -2.69. The van der Waals surface area contributed by atoms with Crippen LogP contribution in [0.4, 0.5) is 11.8 Å². The van der Waals surface area contributed by atoms with Crippen molar-refractivity contribution in [2.24, 2.45) is 17.3 Å². The van der Waals surface area contributed by atoms with E-state index in [1.807, 2.05) is 40.0 Å². The molecule has 3 aliphatic rings. The highest BCUT2D eigenvalue weighted by Crippen LogP contribution is 2.45. The Labute approximate surface area is 239 Å². The summed E-state index contributed by atoms with van der Waals surface area (Å²) in [5.41, 5.74) is 3.49. The number of hydrogen-bond donors (Lipinski definition) is 4. The highest BCUT2D eigenvalue weighted by molar-refractivity contribution is 7.21. The number of thiazole rings is 1. The number of aliphatic hydroxyl groups excluding tert-OH is 2. The minimum absolute atomic E-state index is 0.111. The van der Waals surface area contributed by atoms with Crippen molar-refractivity contribution in [2.45, 2.75) is 96.8 Å². The van der Waals surface area contributed by atoms with Gasteiger partial charge in [-0.3, -0.25) is 9.78 Å². The van der Waals surface area contributed by atoms with Crippen LogP contribution in [0.1, 0.15) is 83.0 Å². The van der Waals surface area contributed by atoms with Crippen LogP contribution in [0.5, 0.6) is 0 Å². The fraction of sp³-hybridized carbons (Fsp3) is 0.633. The maximum atomic E-state index is 12.7. The molecule has 3 aromatic heterocycles. The number of nitrogens with one attached hydrogen (secondary N) is 2. The molecule has 4 N–H and O–H groups in total. The molecule has 3 heterocycles. The Morgan fingerprint density at radius 3 is 2.58 bits per heavy atom.